The number of hydrogen-bond donors (Lipinski definition) is 0. The van der Waals surface area contributed by atoms with Gasteiger partial charge >= 0.3 is 6.01 Å². The molecule has 162 valence electrons. The standard InChI is InChI=1S/C21H31N7O2/c1-4-28(5-2)20-23-19(26-22-16-18-8-6-7-17(3)15-18)24-21(25-20)30-14-11-27-9-12-29-13-10-27/h6-8,15H,4-5,9-14,16H2,1-3H3. The van der Waals surface area contributed by atoms with E-state index in [4.69, 9.17) is 9.47 Å². The Morgan fingerprint density at radius 2 is 1.93 bits per heavy atom. The summed E-state index contributed by atoms with van der Waals surface area (Å²) in [5, 5.41) is 8.51. The Bertz CT molecular complexity index is 821. The van der Waals surface area contributed by atoms with Gasteiger partial charge in [-0.2, -0.15) is 20.1 Å². The third-order valence-electron chi connectivity index (χ3n) is 4.88. The summed E-state index contributed by atoms with van der Waals surface area (Å²) in [6.45, 7) is 12.9. The zero-order chi connectivity index (χ0) is 21.2. The van der Waals surface area contributed by atoms with Gasteiger partial charge in [0.25, 0.3) is 5.95 Å². The molecule has 0 bridgehead atoms. The molecule has 0 spiro atoms. The van der Waals surface area contributed by atoms with E-state index in [2.05, 4.69) is 63.0 Å². The molecule has 1 aromatic carbocycles. The van der Waals surface area contributed by atoms with Crippen LogP contribution < -0.4 is 9.64 Å². The molecule has 2 aromatic rings. The average Bonchev–Trinajstić information content (AvgIpc) is 2.75. The zero-order valence-corrected chi connectivity index (χ0v) is 18.1. The van der Waals surface area contributed by atoms with Crippen molar-refractivity contribution in [2.75, 3.05) is 57.4 Å². The highest BCUT2D eigenvalue weighted by molar-refractivity contribution is 5.35. The highest BCUT2D eigenvalue weighted by Gasteiger charge is 2.14. The minimum atomic E-state index is 0.265. The molecule has 1 aliphatic heterocycles. The Kier molecular flexibility index (Phi) is 8.46. The van der Waals surface area contributed by atoms with Crippen LogP contribution in [0.2, 0.25) is 0 Å². The van der Waals surface area contributed by atoms with Crippen LogP contribution in [-0.2, 0) is 11.3 Å². The maximum Gasteiger partial charge on any atom is 0.323 e. The van der Waals surface area contributed by atoms with E-state index in [9.17, 15) is 0 Å². The molecule has 0 unspecified atom stereocenters. The zero-order valence-electron chi connectivity index (χ0n) is 18.1. The van der Waals surface area contributed by atoms with Crippen LogP contribution in [0.15, 0.2) is 34.5 Å². The van der Waals surface area contributed by atoms with Gasteiger partial charge < -0.3 is 14.4 Å². The molecule has 0 amide bonds. The second-order valence-electron chi connectivity index (χ2n) is 7.08. The van der Waals surface area contributed by atoms with E-state index < -0.39 is 0 Å². The molecular weight excluding hydrogens is 382 g/mol. The Balaban J connectivity index is 1.68. The molecule has 9 heteroatoms. The summed E-state index contributed by atoms with van der Waals surface area (Å²) < 4.78 is 11.2. The molecule has 1 aliphatic rings. The fraction of sp³-hybridized carbons (Fsp3) is 0.571. The molecule has 2 heterocycles. The van der Waals surface area contributed by atoms with Gasteiger partial charge in [-0.1, -0.05) is 29.8 Å². The van der Waals surface area contributed by atoms with Crippen LogP contribution in [0.5, 0.6) is 6.01 Å². The Morgan fingerprint density at radius 3 is 2.67 bits per heavy atom. The lowest BCUT2D eigenvalue weighted by atomic mass is 10.1. The molecule has 0 radical (unpaired) electrons. The number of aromatic nitrogens is 3. The summed E-state index contributed by atoms with van der Waals surface area (Å²) in [4.78, 5) is 17.6. The summed E-state index contributed by atoms with van der Waals surface area (Å²) in [6.07, 6.45) is 0. The Hall–Kier alpha value is -2.65. The first-order valence-electron chi connectivity index (χ1n) is 10.5. The van der Waals surface area contributed by atoms with Crippen LogP contribution in [0, 0.1) is 6.92 Å². The molecule has 9 nitrogen and oxygen atoms in total. The van der Waals surface area contributed by atoms with E-state index in [0.717, 1.165) is 51.5 Å². The van der Waals surface area contributed by atoms with E-state index in [1.807, 2.05) is 17.0 Å². The maximum absolute atomic E-state index is 5.84. The third kappa shape index (κ3) is 6.70. The van der Waals surface area contributed by atoms with Gasteiger partial charge in [-0.25, -0.2) is 0 Å². The lowest BCUT2D eigenvalue weighted by Gasteiger charge is -2.26. The van der Waals surface area contributed by atoms with Crippen molar-refractivity contribution in [3.05, 3.63) is 35.4 Å². The summed E-state index contributed by atoms with van der Waals surface area (Å²) in [6, 6.07) is 8.48. The fourth-order valence-corrected chi connectivity index (χ4v) is 3.17. The Labute approximate surface area is 178 Å². The highest BCUT2D eigenvalue weighted by Crippen LogP contribution is 2.18. The topological polar surface area (TPSA) is 88.3 Å². The van der Waals surface area contributed by atoms with Gasteiger partial charge in [0.05, 0.1) is 19.8 Å². The molecule has 0 aliphatic carbocycles. The van der Waals surface area contributed by atoms with E-state index >= 15 is 0 Å². The normalized spacial score (nSPS) is 14.9. The number of anilines is 1. The molecule has 0 saturated carbocycles. The van der Waals surface area contributed by atoms with Crippen LogP contribution in [0.3, 0.4) is 0 Å². The minimum absolute atomic E-state index is 0.265. The fourth-order valence-electron chi connectivity index (χ4n) is 3.17. The molecule has 1 saturated heterocycles. The second-order valence-corrected chi connectivity index (χ2v) is 7.08. The summed E-state index contributed by atoms with van der Waals surface area (Å²) in [7, 11) is 0. The number of aryl methyl sites for hydroxylation is 1. The molecular formula is C21H31N7O2. The van der Waals surface area contributed by atoms with Gasteiger partial charge in [-0.05, 0) is 26.3 Å². The monoisotopic (exact) mass is 413 g/mol. The highest BCUT2D eigenvalue weighted by atomic mass is 16.5. The van der Waals surface area contributed by atoms with Gasteiger partial charge in [-0.3, -0.25) is 4.90 Å². The number of rotatable bonds is 10. The van der Waals surface area contributed by atoms with E-state index in [1.165, 1.54) is 5.56 Å². The van der Waals surface area contributed by atoms with Crippen molar-refractivity contribution in [3.8, 4) is 6.01 Å². The van der Waals surface area contributed by atoms with Crippen molar-refractivity contribution in [2.24, 2.45) is 10.2 Å². The van der Waals surface area contributed by atoms with Crippen LogP contribution in [0.4, 0.5) is 11.9 Å². The molecule has 1 aromatic heterocycles. The number of azo groups is 1. The lowest BCUT2D eigenvalue weighted by Crippen LogP contribution is -2.38. The molecule has 3 rings (SSSR count). The van der Waals surface area contributed by atoms with E-state index in [-0.39, 0.29) is 12.0 Å². The predicted molar refractivity (Wildman–Crippen MR) is 116 cm³/mol. The molecule has 0 atom stereocenters. The third-order valence-corrected chi connectivity index (χ3v) is 4.88. The number of benzene rings is 1. The van der Waals surface area contributed by atoms with Crippen molar-refractivity contribution in [1.82, 2.24) is 19.9 Å². The first kappa shape index (κ1) is 22.0. The SMILES string of the molecule is CCN(CC)c1nc(N=NCc2cccc(C)c2)nc(OCCN2CCOCC2)n1. The van der Waals surface area contributed by atoms with Crippen LogP contribution in [0.25, 0.3) is 0 Å². The van der Waals surface area contributed by atoms with Gasteiger partial charge in [0.1, 0.15) is 6.61 Å². The van der Waals surface area contributed by atoms with E-state index in [1.54, 1.807) is 0 Å². The summed E-state index contributed by atoms with van der Waals surface area (Å²) in [5.74, 6) is 0.821. The van der Waals surface area contributed by atoms with Gasteiger partial charge in [-0.15, -0.1) is 5.11 Å². The first-order valence-corrected chi connectivity index (χ1v) is 10.5. The quantitative estimate of drug-likeness (QED) is 0.553. The number of morpholine rings is 1. The second kappa shape index (κ2) is 11.5. The van der Waals surface area contributed by atoms with Crippen molar-refractivity contribution in [3.63, 3.8) is 0 Å². The number of ether oxygens (including phenoxy) is 2. The molecule has 0 N–H and O–H groups in total. The van der Waals surface area contributed by atoms with Crippen molar-refractivity contribution in [2.45, 2.75) is 27.3 Å². The van der Waals surface area contributed by atoms with Crippen molar-refractivity contribution >= 4 is 11.9 Å². The summed E-state index contributed by atoms with van der Waals surface area (Å²) in [5.41, 5.74) is 2.29. The Morgan fingerprint density at radius 1 is 1.13 bits per heavy atom. The van der Waals surface area contributed by atoms with Gasteiger partial charge in [0, 0.05) is 32.7 Å². The van der Waals surface area contributed by atoms with Crippen molar-refractivity contribution < 1.29 is 9.47 Å². The van der Waals surface area contributed by atoms with Crippen LogP contribution in [-0.4, -0.2) is 72.4 Å². The smallest absolute Gasteiger partial charge is 0.323 e. The largest absolute Gasteiger partial charge is 0.462 e. The van der Waals surface area contributed by atoms with Gasteiger partial charge in [0.2, 0.25) is 5.95 Å². The number of nitrogens with zero attached hydrogens (tertiary/aromatic N) is 7. The van der Waals surface area contributed by atoms with Crippen LogP contribution >= 0.6 is 0 Å². The molecule has 30 heavy (non-hydrogen) atoms. The number of hydrogen-bond acceptors (Lipinski definition) is 9. The lowest BCUT2D eigenvalue weighted by molar-refractivity contribution is 0.0317. The van der Waals surface area contributed by atoms with Gasteiger partial charge in [0.15, 0.2) is 0 Å². The first-order chi connectivity index (χ1) is 14.7. The average molecular weight is 414 g/mol. The molecule has 1 fully saturated rings. The van der Waals surface area contributed by atoms with E-state index in [0.29, 0.717) is 19.1 Å². The summed E-state index contributed by atoms with van der Waals surface area (Å²) >= 11 is 0. The minimum Gasteiger partial charge on any atom is -0.462 e. The van der Waals surface area contributed by atoms with Crippen molar-refractivity contribution in [1.29, 1.82) is 0 Å². The van der Waals surface area contributed by atoms with Crippen LogP contribution in [0.1, 0.15) is 25.0 Å². The predicted octanol–water partition coefficient (Wildman–Crippen LogP) is 3.02. The maximum atomic E-state index is 5.84.